The van der Waals surface area contributed by atoms with E-state index in [1.54, 1.807) is 12.1 Å². The molecule has 2 aromatic carbocycles. The normalized spacial score (nSPS) is 14.0. The first-order valence-corrected chi connectivity index (χ1v) is 7.25. The van der Waals surface area contributed by atoms with Crippen molar-refractivity contribution in [1.29, 1.82) is 0 Å². The van der Waals surface area contributed by atoms with Crippen molar-refractivity contribution in [3.63, 3.8) is 0 Å². The van der Waals surface area contributed by atoms with Crippen molar-refractivity contribution in [2.75, 3.05) is 0 Å². The van der Waals surface area contributed by atoms with Crippen LogP contribution < -0.4 is 0 Å². The lowest BCUT2D eigenvalue weighted by molar-refractivity contribution is 0.0999. The highest BCUT2D eigenvalue weighted by atomic mass is 16.3. The topological polar surface area (TPSA) is 59.3 Å². The smallest absolute Gasteiger partial charge is 0.198 e. The van der Waals surface area contributed by atoms with Crippen LogP contribution in [0.5, 0.6) is 5.75 Å². The Labute approximate surface area is 132 Å². The Morgan fingerprint density at radius 3 is 2.57 bits per heavy atom. The fourth-order valence-corrected chi connectivity index (χ4v) is 3.15. The van der Waals surface area contributed by atoms with Crippen LogP contribution in [0.3, 0.4) is 0 Å². The van der Waals surface area contributed by atoms with Crippen LogP contribution in [0.4, 0.5) is 0 Å². The molecule has 3 aromatic rings. The van der Waals surface area contributed by atoms with Crippen molar-refractivity contribution in [2.45, 2.75) is 0 Å². The first-order valence-electron chi connectivity index (χ1n) is 7.25. The number of nitrogens with zero attached hydrogens (tertiary/aromatic N) is 1. The van der Waals surface area contributed by atoms with E-state index in [0.717, 1.165) is 10.9 Å². The highest BCUT2D eigenvalue weighted by Gasteiger charge is 2.30. The van der Waals surface area contributed by atoms with Crippen LogP contribution in [0.25, 0.3) is 16.5 Å². The van der Waals surface area contributed by atoms with Crippen LogP contribution in [-0.4, -0.2) is 21.2 Å². The van der Waals surface area contributed by atoms with Gasteiger partial charge in [-0.2, -0.15) is 0 Å². The number of aryl methyl sites for hydroxylation is 1. The average molecular weight is 303 g/mol. The molecule has 0 atom stereocenters. The van der Waals surface area contributed by atoms with Crippen molar-refractivity contribution >= 4 is 28.0 Å². The molecule has 4 heteroatoms. The fraction of sp³-hybridized carbons (Fsp3) is 0.0526. The summed E-state index contributed by atoms with van der Waals surface area (Å²) in [6.07, 6.45) is 3.21. The van der Waals surface area contributed by atoms with E-state index in [2.05, 4.69) is 0 Å². The molecular formula is C19H13NO3. The SMILES string of the molecule is Cn1cc(C2=CC(=O)c3cccc(O)c3C2=O)c2ccccc21. The number of hydrogen-bond acceptors (Lipinski definition) is 3. The van der Waals surface area contributed by atoms with E-state index in [1.165, 1.54) is 12.1 Å². The average Bonchev–Trinajstić information content (AvgIpc) is 2.88. The van der Waals surface area contributed by atoms with E-state index in [9.17, 15) is 14.7 Å². The standard InChI is InChI=1S/C19H13NO3/c1-20-10-14(11-5-2-3-7-15(11)20)13-9-17(22)12-6-4-8-16(21)18(12)19(13)23/h2-10,21H,1H3. The Bertz CT molecular complexity index is 1020. The molecule has 0 saturated carbocycles. The lowest BCUT2D eigenvalue weighted by Crippen LogP contribution is -2.16. The molecule has 1 heterocycles. The third kappa shape index (κ3) is 1.85. The van der Waals surface area contributed by atoms with Gasteiger partial charge in [-0.05, 0) is 18.2 Å². The molecule has 0 saturated heterocycles. The zero-order valence-corrected chi connectivity index (χ0v) is 12.4. The van der Waals surface area contributed by atoms with E-state index in [0.29, 0.717) is 11.1 Å². The minimum Gasteiger partial charge on any atom is -0.507 e. The number of para-hydroxylation sites is 1. The van der Waals surface area contributed by atoms with Crippen LogP contribution >= 0.6 is 0 Å². The maximum Gasteiger partial charge on any atom is 0.198 e. The number of phenols is 1. The number of aromatic hydroxyl groups is 1. The molecule has 23 heavy (non-hydrogen) atoms. The molecule has 0 bridgehead atoms. The summed E-state index contributed by atoms with van der Waals surface area (Å²) < 4.78 is 1.92. The summed E-state index contributed by atoms with van der Waals surface area (Å²) in [5, 5.41) is 10.9. The molecule has 4 rings (SSSR count). The van der Waals surface area contributed by atoms with Gasteiger partial charge in [0.1, 0.15) is 5.75 Å². The first kappa shape index (κ1) is 13.5. The molecule has 1 aromatic heterocycles. The predicted octanol–water partition coefficient (Wildman–Crippen LogP) is 3.35. The highest BCUT2D eigenvalue weighted by molar-refractivity contribution is 6.40. The van der Waals surface area contributed by atoms with Crippen molar-refractivity contribution in [1.82, 2.24) is 4.57 Å². The van der Waals surface area contributed by atoms with E-state index >= 15 is 0 Å². The summed E-state index contributed by atoms with van der Waals surface area (Å²) in [5.74, 6) is -0.751. The third-order valence-electron chi connectivity index (χ3n) is 4.24. The van der Waals surface area contributed by atoms with E-state index < -0.39 is 0 Å². The minimum absolute atomic E-state index is 0.0861. The molecular weight excluding hydrogens is 290 g/mol. The molecule has 0 fully saturated rings. The quantitative estimate of drug-likeness (QED) is 0.750. The van der Waals surface area contributed by atoms with Gasteiger partial charge in [-0.1, -0.05) is 30.3 Å². The minimum atomic E-state index is -0.325. The second-order valence-electron chi connectivity index (χ2n) is 5.62. The highest BCUT2D eigenvalue weighted by Crippen LogP contribution is 2.35. The number of Topliss-reactive ketones (excluding diaryl/α,β-unsaturated/α-hetero) is 1. The van der Waals surface area contributed by atoms with Crippen molar-refractivity contribution in [3.8, 4) is 5.75 Å². The van der Waals surface area contributed by atoms with Crippen LogP contribution in [0.1, 0.15) is 26.3 Å². The lowest BCUT2D eigenvalue weighted by Gasteiger charge is -2.15. The first-order chi connectivity index (χ1) is 11.1. The predicted molar refractivity (Wildman–Crippen MR) is 87.7 cm³/mol. The monoisotopic (exact) mass is 303 g/mol. The van der Waals surface area contributed by atoms with E-state index in [-0.39, 0.29) is 28.4 Å². The van der Waals surface area contributed by atoms with Gasteiger partial charge in [-0.15, -0.1) is 0 Å². The molecule has 112 valence electrons. The molecule has 1 N–H and O–H groups in total. The van der Waals surface area contributed by atoms with Gasteiger partial charge in [0.25, 0.3) is 0 Å². The number of rotatable bonds is 1. The molecule has 0 radical (unpaired) electrons. The Morgan fingerprint density at radius 1 is 0.957 bits per heavy atom. The van der Waals surface area contributed by atoms with Gasteiger partial charge in [0.2, 0.25) is 0 Å². The van der Waals surface area contributed by atoms with Crippen molar-refractivity contribution < 1.29 is 14.7 Å². The number of hydrogen-bond donors (Lipinski definition) is 1. The number of ketones is 2. The van der Waals surface area contributed by atoms with Gasteiger partial charge in [0.05, 0.1) is 5.56 Å². The van der Waals surface area contributed by atoms with Crippen LogP contribution in [0, 0.1) is 0 Å². The molecule has 0 aliphatic heterocycles. The Kier molecular flexibility index (Phi) is 2.75. The maximum absolute atomic E-state index is 12.8. The van der Waals surface area contributed by atoms with Gasteiger partial charge in [-0.3, -0.25) is 9.59 Å². The van der Waals surface area contributed by atoms with Gasteiger partial charge in [0.15, 0.2) is 11.6 Å². The van der Waals surface area contributed by atoms with Crippen LogP contribution in [0.2, 0.25) is 0 Å². The Morgan fingerprint density at radius 2 is 1.74 bits per heavy atom. The number of carbonyl (C=O) groups excluding carboxylic acids is 2. The van der Waals surface area contributed by atoms with Gasteiger partial charge in [0, 0.05) is 40.8 Å². The number of fused-ring (bicyclic) bond motifs is 2. The largest absolute Gasteiger partial charge is 0.507 e. The number of aromatic nitrogens is 1. The summed E-state index contributed by atoms with van der Waals surface area (Å²) in [6, 6.07) is 12.3. The van der Waals surface area contributed by atoms with Gasteiger partial charge in [-0.25, -0.2) is 0 Å². The van der Waals surface area contributed by atoms with Crippen LogP contribution in [-0.2, 0) is 7.05 Å². The van der Waals surface area contributed by atoms with Crippen LogP contribution in [0.15, 0.2) is 54.7 Å². The van der Waals surface area contributed by atoms with E-state index in [1.807, 2.05) is 42.1 Å². The molecule has 1 aliphatic rings. The van der Waals surface area contributed by atoms with Crippen molar-refractivity contribution in [2.24, 2.45) is 7.05 Å². The summed E-state index contributed by atoms with van der Waals surface area (Å²) in [5.41, 5.74) is 2.34. The summed E-state index contributed by atoms with van der Waals surface area (Å²) in [7, 11) is 1.90. The molecule has 0 spiro atoms. The molecule has 0 amide bonds. The fourth-order valence-electron chi connectivity index (χ4n) is 3.15. The second-order valence-corrected chi connectivity index (χ2v) is 5.62. The maximum atomic E-state index is 12.8. The molecule has 1 aliphatic carbocycles. The summed E-state index contributed by atoms with van der Waals surface area (Å²) in [6.45, 7) is 0. The molecule has 0 unspecified atom stereocenters. The summed E-state index contributed by atoms with van der Waals surface area (Å²) in [4.78, 5) is 25.2. The number of phenolic OH excluding ortho intramolecular Hbond substituents is 1. The van der Waals surface area contributed by atoms with E-state index in [4.69, 9.17) is 0 Å². The second kappa shape index (κ2) is 4.68. The number of benzene rings is 2. The molecule has 4 nitrogen and oxygen atoms in total. The van der Waals surface area contributed by atoms with Gasteiger partial charge < -0.3 is 9.67 Å². The number of carbonyl (C=O) groups is 2. The number of allylic oxidation sites excluding steroid dienone is 2. The Hall–Kier alpha value is -3.14. The Balaban J connectivity index is 1.98. The van der Waals surface area contributed by atoms with Gasteiger partial charge >= 0.3 is 0 Å². The lowest BCUT2D eigenvalue weighted by atomic mass is 9.85. The zero-order valence-electron chi connectivity index (χ0n) is 12.4. The summed E-state index contributed by atoms with van der Waals surface area (Å²) >= 11 is 0. The third-order valence-corrected chi connectivity index (χ3v) is 4.24. The van der Waals surface area contributed by atoms with Crippen molar-refractivity contribution in [3.05, 3.63) is 71.4 Å². The zero-order chi connectivity index (χ0) is 16.1.